The molecule has 0 aromatic heterocycles. The number of rotatable bonds is 6. The Morgan fingerprint density at radius 2 is 1.59 bits per heavy atom. The molecule has 0 unspecified atom stereocenters. The molecule has 2 saturated heterocycles. The molecule has 2 aliphatic rings. The molecule has 32 heavy (non-hydrogen) atoms. The molecule has 0 bridgehead atoms. The van der Waals surface area contributed by atoms with Crippen molar-refractivity contribution in [1.29, 1.82) is 0 Å². The van der Waals surface area contributed by atoms with E-state index in [9.17, 15) is 9.59 Å². The number of hydrogen-bond acceptors (Lipinski definition) is 3. The molecule has 6 heteroatoms. The molecule has 0 saturated carbocycles. The molecular weight excluding hydrogens is 440 g/mol. The molecule has 0 aliphatic carbocycles. The fourth-order valence-corrected chi connectivity index (χ4v) is 6.23. The van der Waals surface area contributed by atoms with Crippen LogP contribution in [-0.2, 0) is 6.54 Å². The Morgan fingerprint density at radius 1 is 0.938 bits per heavy atom. The van der Waals surface area contributed by atoms with Crippen LogP contribution in [0.4, 0.5) is 4.79 Å². The Bertz CT molecular complexity index is 1110. The van der Waals surface area contributed by atoms with E-state index in [1.807, 2.05) is 58.3 Å². The van der Waals surface area contributed by atoms with Crippen molar-refractivity contribution in [3.8, 4) is 0 Å². The minimum absolute atomic E-state index is 0.00216. The van der Waals surface area contributed by atoms with E-state index in [0.29, 0.717) is 23.6 Å². The zero-order chi connectivity index (χ0) is 22.1. The van der Waals surface area contributed by atoms with E-state index >= 15 is 0 Å². The largest absolute Gasteiger partial charge is 0.322 e. The third kappa shape index (κ3) is 4.03. The van der Waals surface area contributed by atoms with Crippen LogP contribution in [-0.4, -0.2) is 39.5 Å². The van der Waals surface area contributed by atoms with Crippen LogP contribution in [0.15, 0.2) is 84.9 Å². The monoisotopic (exact) mass is 462 g/mol. The SMILES string of the molecule is O=C(C[C@H]1[C@@H]2CS[C@@H](c3ccccc3)N2C(=O)N1Cc1ccccc1)c1ccc(Cl)cc1. The topological polar surface area (TPSA) is 40.6 Å². The Labute approximate surface area is 197 Å². The zero-order valence-corrected chi connectivity index (χ0v) is 19.0. The highest BCUT2D eigenvalue weighted by molar-refractivity contribution is 7.99. The van der Waals surface area contributed by atoms with Gasteiger partial charge in [-0.05, 0) is 35.4 Å². The first-order chi connectivity index (χ1) is 15.6. The van der Waals surface area contributed by atoms with Crippen LogP contribution >= 0.6 is 23.4 Å². The van der Waals surface area contributed by atoms with E-state index in [-0.39, 0.29) is 29.3 Å². The van der Waals surface area contributed by atoms with Crippen LogP contribution in [0.25, 0.3) is 0 Å². The second-order valence-corrected chi connectivity index (χ2v) is 9.72. The third-order valence-electron chi connectivity index (χ3n) is 6.19. The summed E-state index contributed by atoms with van der Waals surface area (Å²) in [6.45, 7) is 0.497. The van der Waals surface area contributed by atoms with Crippen LogP contribution < -0.4 is 0 Å². The highest BCUT2D eigenvalue weighted by Crippen LogP contribution is 2.47. The molecule has 0 spiro atoms. The number of Topliss-reactive ketones (excluding diaryl/α,β-unsaturated/α-hetero) is 1. The fourth-order valence-electron chi connectivity index (χ4n) is 4.59. The number of ketones is 1. The molecule has 3 atom stereocenters. The van der Waals surface area contributed by atoms with Crippen LogP contribution in [0, 0.1) is 0 Å². The first-order valence-corrected chi connectivity index (χ1v) is 12.1. The minimum Gasteiger partial charge on any atom is -0.315 e. The molecule has 0 radical (unpaired) electrons. The molecule has 2 heterocycles. The van der Waals surface area contributed by atoms with E-state index in [1.165, 1.54) is 0 Å². The van der Waals surface area contributed by atoms with Gasteiger partial charge < -0.3 is 9.80 Å². The Morgan fingerprint density at radius 3 is 2.28 bits per heavy atom. The predicted molar refractivity (Wildman–Crippen MR) is 129 cm³/mol. The molecular formula is C26H23ClN2O2S. The number of carbonyl (C=O) groups is 2. The maximum atomic E-state index is 13.7. The molecule has 0 N–H and O–H groups in total. The van der Waals surface area contributed by atoms with Crippen molar-refractivity contribution in [2.45, 2.75) is 30.4 Å². The van der Waals surface area contributed by atoms with Crippen molar-refractivity contribution in [3.05, 3.63) is 107 Å². The van der Waals surface area contributed by atoms with Gasteiger partial charge in [-0.3, -0.25) is 4.79 Å². The third-order valence-corrected chi connectivity index (χ3v) is 7.79. The Hall–Kier alpha value is -2.76. The Balaban J connectivity index is 1.45. The van der Waals surface area contributed by atoms with Gasteiger partial charge in [-0.2, -0.15) is 0 Å². The molecule has 4 nitrogen and oxygen atoms in total. The summed E-state index contributed by atoms with van der Waals surface area (Å²) in [6, 6.07) is 26.9. The number of hydrogen-bond donors (Lipinski definition) is 0. The number of benzene rings is 3. The summed E-state index contributed by atoms with van der Waals surface area (Å²) in [4.78, 5) is 30.7. The van der Waals surface area contributed by atoms with Gasteiger partial charge in [0.25, 0.3) is 0 Å². The number of amides is 2. The lowest BCUT2D eigenvalue weighted by Gasteiger charge is -2.26. The van der Waals surface area contributed by atoms with Crippen molar-refractivity contribution in [2.75, 3.05) is 5.75 Å². The number of fused-ring (bicyclic) bond motifs is 1. The fraction of sp³-hybridized carbons (Fsp3) is 0.231. The number of thioether (sulfide) groups is 1. The maximum absolute atomic E-state index is 13.7. The quantitative estimate of drug-likeness (QED) is 0.420. The smallest absolute Gasteiger partial charge is 0.315 e. The lowest BCUT2D eigenvalue weighted by molar-refractivity contribution is 0.0941. The standard InChI is InChI=1S/C26H23ClN2O2S/c27-21-13-11-19(12-14-21)24(30)15-22-23-17-32-25(20-9-5-2-6-10-20)29(23)26(31)28(22)16-18-7-3-1-4-8-18/h1-14,22-23,25H,15-17H2/t22-,23-,25-/m0/s1. The number of carbonyl (C=O) groups excluding carboxylic acids is 2. The minimum atomic E-state index is -0.174. The summed E-state index contributed by atoms with van der Waals surface area (Å²) in [5, 5.41) is 0.579. The molecule has 2 aliphatic heterocycles. The van der Waals surface area contributed by atoms with E-state index in [2.05, 4.69) is 12.1 Å². The van der Waals surface area contributed by atoms with Crippen molar-refractivity contribution in [3.63, 3.8) is 0 Å². The molecule has 162 valence electrons. The summed E-state index contributed by atoms with van der Waals surface area (Å²) >= 11 is 7.77. The van der Waals surface area contributed by atoms with Gasteiger partial charge in [0.2, 0.25) is 0 Å². The van der Waals surface area contributed by atoms with Gasteiger partial charge in [0, 0.05) is 29.3 Å². The van der Waals surface area contributed by atoms with Crippen LogP contribution in [0.3, 0.4) is 0 Å². The first kappa shape index (κ1) is 21.1. The van der Waals surface area contributed by atoms with Gasteiger partial charge in [0.1, 0.15) is 5.37 Å². The van der Waals surface area contributed by atoms with Crippen molar-refractivity contribution in [2.24, 2.45) is 0 Å². The summed E-state index contributed by atoms with van der Waals surface area (Å²) in [5.41, 5.74) is 2.82. The van der Waals surface area contributed by atoms with E-state index in [4.69, 9.17) is 11.6 Å². The van der Waals surface area contributed by atoms with Gasteiger partial charge in [-0.1, -0.05) is 72.3 Å². The van der Waals surface area contributed by atoms with Crippen molar-refractivity contribution < 1.29 is 9.59 Å². The second-order valence-electron chi connectivity index (χ2n) is 8.17. The summed E-state index contributed by atoms with van der Waals surface area (Å²) in [5.74, 6) is 0.849. The zero-order valence-electron chi connectivity index (χ0n) is 17.4. The lowest BCUT2D eigenvalue weighted by Crippen LogP contribution is -2.38. The van der Waals surface area contributed by atoms with Crippen molar-refractivity contribution >= 4 is 35.2 Å². The average molecular weight is 463 g/mol. The maximum Gasteiger partial charge on any atom is 0.322 e. The van der Waals surface area contributed by atoms with Gasteiger partial charge in [-0.15, -0.1) is 11.8 Å². The van der Waals surface area contributed by atoms with Crippen LogP contribution in [0.2, 0.25) is 5.02 Å². The summed E-state index contributed by atoms with van der Waals surface area (Å²) < 4.78 is 0. The van der Waals surface area contributed by atoms with Gasteiger partial charge in [0.05, 0.1) is 12.1 Å². The average Bonchev–Trinajstić information content (AvgIpc) is 3.36. The van der Waals surface area contributed by atoms with Gasteiger partial charge in [-0.25, -0.2) is 4.79 Å². The molecule has 5 rings (SSSR count). The highest BCUT2D eigenvalue weighted by Gasteiger charge is 2.52. The number of halogens is 1. The lowest BCUT2D eigenvalue weighted by atomic mass is 9.98. The van der Waals surface area contributed by atoms with E-state index < -0.39 is 0 Å². The highest BCUT2D eigenvalue weighted by atomic mass is 35.5. The number of nitrogens with zero attached hydrogens (tertiary/aromatic N) is 2. The molecule has 2 fully saturated rings. The molecule has 3 aromatic rings. The second kappa shape index (κ2) is 9.00. The molecule has 2 amide bonds. The summed E-state index contributed by atoms with van der Waals surface area (Å²) in [6.07, 6.45) is 0.295. The Kier molecular flexibility index (Phi) is 5.94. The van der Waals surface area contributed by atoms with Crippen LogP contribution in [0.5, 0.6) is 0 Å². The van der Waals surface area contributed by atoms with Crippen LogP contribution in [0.1, 0.15) is 33.3 Å². The summed E-state index contributed by atoms with van der Waals surface area (Å²) in [7, 11) is 0. The van der Waals surface area contributed by atoms with E-state index in [0.717, 1.165) is 16.9 Å². The van der Waals surface area contributed by atoms with Gasteiger partial charge in [0.15, 0.2) is 5.78 Å². The van der Waals surface area contributed by atoms with E-state index in [1.54, 1.807) is 36.0 Å². The first-order valence-electron chi connectivity index (χ1n) is 10.7. The van der Waals surface area contributed by atoms with Gasteiger partial charge >= 0.3 is 6.03 Å². The normalized spacial score (nSPS) is 22.3. The predicted octanol–water partition coefficient (Wildman–Crippen LogP) is 6.03. The number of urea groups is 1. The van der Waals surface area contributed by atoms with Crippen molar-refractivity contribution in [1.82, 2.24) is 9.80 Å². The molecule has 3 aromatic carbocycles.